The van der Waals surface area contributed by atoms with Crippen LogP contribution in [0.1, 0.15) is 23.6 Å². The molecule has 1 aromatic rings. The van der Waals surface area contributed by atoms with Gasteiger partial charge in [0.1, 0.15) is 0 Å². The molecule has 1 aromatic carbocycles. The Hall–Kier alpha value is -1.83. The SMILES string of the molecule is C=C1C=CC(C)N(Cc2cc(C)cc(C)c2)C=N1. The number of hydrogen-bond acceptors (Lipinski definition) is 2. The first-order valence-corrected chi connectivity index (χ1v) is 6.29. The average Bonchev–Trinajstić information content (AvgIpc) is 2.43. The van der Waals surface area contributed by atoms with E-state index in [1.807, 2.05) is 12.4 Å². The summed E-state index contributed by atoms with van der Waals surface area (Å²) in [6.45, 7) is 11.2. The second-order valence-corrected chi connectivity index (χ2v) is 5.00. The molecular formula is C16H20N2. The summed E-state index contributed by atoms with van der Waals surface area (Å²) in [4.78, 5) is 6.54. The molecule has 2 nitrogen and oxygen atoms in total. The smallest absolute Gasteiger partial charge is 0.0919 e. The summed E-state index contributed by atoms with van der Waals surface area (Å²) in [7, 11) is 0. The molecule has 0 fully saturated rings. The first-order valence-electron chi connectivity index (χ1n) is 6.29. The molecule has 1 heterocycles. The Morgan fingerprint density at radius 2 is 1.89 bits per heavy atom. The molecule has 18 heavy (non-hydrogen) atoms. The molecule has 1 atom stereocenters. The largest absolute Gasteiger partial charge is 0.352 e. The van der Waals surface area contributed by atoms with Gasteiger partial charge in [0.25, 0.3) is 0 Å². The van der Waals surface area contributed by atoms with E-state index in [0.717, 1.165) is 12.2 Å². The van der Waals surface area contributed by atoms with Gasteiger partial charge in [0, 0.05) is 12.6 Å². The maximum atomic E-state index is 4.32. The van der Waals surface area contributed by atoms with Crippen LogP contribution in [0.3, 0.4) is 0 Å². The Morgan fingerprint density at radius 3 is 2.56 bits per heavy atom. The number of rotatable bonds is 2. The van der Waals surface area contributed by atoms with Gasteiger partial charge in [-0.3, -0.25) is 0 Å². The highest BCUT2D eigenvalue weighted by atomic mass is 15.2. The van der Waals surface area contributed by atoms with Crippen LogP contribution in [-0.2, 0) is 6.54 Å². The number of hydrogen-bond donors (Lipinski definition) is 0. The van der Waals surface area contributed by atoms with Gasteiger partial charge in [0.2, 0.25) is 0 Å². The van der Waals surface area contributed by atoms with Gasteiger partial charge >= 0.3 is 0 Å². The van der Waals surface area contributed by atoms with Gasteiger partial charge in [0.05, 0.1) is 12.0 Å². The maximum absolute atomic E-state index is 4.32. The fourth-order valence-electron chi connectivity index (χ4n) is 2.21. The van der Waals surface area contributed by atoms with Gasteiger partial charge in [-0.1, -0.05) is 42.0 Å². The van der Waals surface area contributed by atoms with Crippen LogP contribution in [0.4, 0.5) is 0 Å². The van der Waals surface area contributed by atoms with Crippen LogP contribution in [0.15, 0.2) is 47.6 Å². The van der Waals surface area contributed by atoms with Gasteiger partial charge in [-0.05, 0) is 32.4 Å². The van der Waals surface area contributed by atoms with E-state index in [0.29, 0.717) is 6.04 Å². The lowest BCUT2D eigenvalue weighted by Gasteiger charge is -2.24. The van der Waals surface area contributed by atoms with Crippen LogP contribution in [-0.4, -0.2) is 17.3 Å². The molecule has 1 aliphatic rings. The summed E-state index contributed by atoms with van der Waals surface area (Å²) in [5, 5.41) is 0. The molecule has 1 unspecified atom stereocenters. The molecule has 2 heteroatoms. The molecule has 94 valence electrons. The molecule has 0 saturated heterocycles. The third kappa shape index (κ3) is 3.10. The van der Waals surface area contributed by atoms with Gasteiger partial charge in [0.15, 0.2) is 0 Å². The van der Waals surface area contributed by atoms with E-state index in [-0.39, 0.29) is 0 Å². The van der Waals surface area contributed by atoms with E-state index < -0.39 is 0 Å². The zero-order valence-electron chi connectivity index (χ0n) is 11.4. The van der Waals surface area contributed by atoms with Crippen LogP contribution in [0.5, 0.6) is 0 Å². The lowest BCUT2D eigenvalue weighted by atomic mass is 10.1. The van der Waals surface area contributed by atoms with Crippen LogP contribution in [0.25, 0.3) is 0 Å². The van der Waals surface area contributed by atoms with Gasteiger partial charge in [-0.2, -0.15) is 0 Å². The van der Waals surface area contributed by atoms with Crippen molar-refractivity contribution in [1.82, 2.24) is 4.90 Å². The van der Waals surface area contributed by atoms with Crippen molar-refractivity contribution in [3.05, 3.63) is 59.3 Å². The molecule has 0 N–H and O–H groups in total. The zero-order valence-corrected chi connectivity index (χ0v) is 11.4. The second-order valence-electron chi connectivity index (χ2n) is 5.00. The highest BCUT2D eigenvalue weighted by Gasteiger charge is 2.11. The van der Waals surface area contributed by atoms with E-state index in [1.54, 1.807) is 0 Å². The summed E-state index contributed by atoms with van der Waals surface area (Å²) in [6.07, 6.45) is 6.01. The molecule has 0 spiro atoms. The van der Waals surface area contributed by atoms with E-state index in [9.17, 15) is 0 Å². The highest BCUT2D eigenvalue weighted by Crippen LogP contribution is 2.14. The van der Waals surface area contributed by atoms with Crippen LogP contribution < -0.4 is 0 Å². The van der Waals surface area contributed by atoms with E-state index in [1.165, 1.54) is 16.7 Å². The van der Waals surface area contributed by atoms with Gasteiger partial charge in [-0.15, -0.1) is 0 Å². The molecule has 2 rings (SSSR count). The van der Waals surface area contributed by atoms with Crippen LogP contribution in [0, 0.1) is 13.8 Å². The van der Waals surface area contributed by atoms with Crippen molar-refractivity contribution in [2.75, 3.05) is 0 Å². The van der Waals surface area contributed by atoms with Gasteiger partial charge in [-0.25, -0.2) is 4.99 Å². The predicted octanol–water partition coefficient (Wildman–Crippen LogP) is 3.61. The normalized spacial score (nSPS) is 19.2. The molecule has 0 saturated carbocycles. The number of benzene rings is 1. The van der Waals surface area contributed by atoms with Crippen molar-refractivity contribution in [3.63, 3.8) is 0 Å². The molecule has 0 aliphatic carbocycles. The quantitative estimate of drug-likeness (QED) is 0.771. The number of aliphatic imine (C=N–C) groups is 1. The predicted molar refractivity (Wildman–Crippen MR) is 77.7 cm³/mol. The van der Waals surface area contributed by atoms with E-state index >= 15 is 0 Å². The second kappa shape index (κ2) is 5.21. The first kappa shape index (κ1) is 12.6. The monoisotopic (exact) mass is 240 g/mol. The number of aryl methyl sites for hydroxylation is 2. The van der Waals surface area contributed by atoms with Crippen molar-refractivity contribution >= 4 is 6.34 Å². The van der Waals surface area contributed by atoms with Gasteiger partial charge < -0.3 is 4.90 Å². The van der Waals surface area contributed by atoms with Crippen molar-refractivity contribution in [2.24, 2.45) is 4.99 Å². The summed E-state index contributed by atoms with van der Waals surface area (Å²) < 4.78 is 0. The minimum atomic E-state index is 0.341. The Labute approximate surface area is 109 Å². The minimum Gasteiger partial charge on any atom is -0.352 e. The van der Waals surface area contributed by atoms with Crippen molar-refractivity contribution in [1.29, 1.82) is 0 Å². The lowest BCUT2D eigenvalue weighted by Crippen LogP contribution is -2.29. The standard InChI is InChI=1S/C16H20N2/c1-12-7-13(2)9-16(8-12)10-18-11-17-14(3)5-6-15(18)4/h5-9,11,15H,3,10H2,1-2,4H3. The third-order valence-electron chi connectivity index (χ3n) is 3.11. The van der Waals surface area contributed by atoms with Crippen molar-refractivity contribution in [2.45, 2.75) is 33.4 Å². The molecule has 0 bridgehead atoms. The maximum Gasteiger partial charge on any atom is 0.0919 e. The van der Waals surface area contributed by atoms with Crippen LogP contribution in [0.2, 0.25) is 0 Å². The minimum absolute atomic E-state index is 0.341. The Balaban J connectivity index is 2.20. The molecule has 0 amide bonds. The average molecular weight is 240 g/mol. The summed E-state index contributed by atoms with van der Waals surface area (Å²) in [5.41, 5.74) is 4.75. The van der Waals surface area contributed by atoms with Crippen LogP contribution >= 0.6 is 0 Å². The van der Waals surface area contributed by atoms with Crippen molar-refractivity contribution < 1.29 is 0 Å². The topological polar surface area (TPSA) is 15.6 Å². The Kier molecular flexibility index (Phi) is 3.66. The molecule has 0 radical (unpaired) electrons. The molecule has 1 aliphatic heterocycles. The number of nitrogens with zero attached hydrogens (tertiary/aromatic N) is 2. The third-order valence-corrected chi connectivity index (χ3v) is 3.11. The summed E-state index contributed by atoms with van der Waals surface area (Å²) >= 11 is 0. The van der Waals surface area contributed by atoms with E-state index in [4.69, 9.17) is 0 Å². The van der Waals surface area contributed by atoms with Crippen molar-refractivity contribution in [3.8, 4) is 0 Å². The Morgan fingerprint density at radius 1 is 1.22 bits per heavy atom. The lowest BCUT2D eigenvalue weighted by molar-refractivity contribution is 0.383. The summed E-state index contributed by atoms with van der Waals surface area (Å²) in [6, 6.07) is 7.01. The Bertz CT molecular complexity index is 492. The fourth-order valence-corrected chi connectivity index (χ4v) is 2.21. The number of allylic oxidation sites excluding steroid dienone is 1. The first-order chi connectivity index (χ1) is 8.54. The fraction of sp³-hybridized carbons (Fsp3) is 0.312. The summed E-state index contributed by atoms with van der Waals surface area (Å²) in [5.74, 6) is 0. The van der Waals surface area contributed by atoms with E-state index in [2.05, 4.69) is 61.5 Å². The molecular weight excluding hydrogens is 220 g/mol. The molecule has 0 aromatic heterocycles. The zero-order chi connectivity index (χ0) is 13.1. The highest BCUT2D eigenvalue weighted by molar-refractivity contribution is 5.59.